The number of nitrogens with zero attached hydrogens (tertiary/aromatic N) is 5. The molecule has 11 heteroatoms. The van der Waals surface area contributed by atoms with Crippen molar-refractivity contribution in [2.45, 2.75) is 70.7 Å². The number of hydrogen-bond donors (Lipinski definition) is 1. The van der Waals surface area contributed by atoms with Gasteiger partial charge in [-0.25, -0.2) is 24.1 Å². The summed E-state index contributed by atoms with van der Waals surface area (Å²) in [5.74, 6) is 1.81. The first-order valence-electron chi connectivity index (χ1n) is 14.5. The number of hydrogen-bond acceptors (Lipinski definition) is 8. The molecule has 1 unspecified atom stereocenters. The number of aromatic nitrogens is 4. The summed E-state index contributed by atoms with van der Waals surface area (Å²) in [5, 5.41) is 7.72. The van der Waals surface area contributed by atoms with Gasteiger partial charge in [0.25, 0.3) is 5.78 Å². The van der Waals surface area contributed by atoms with Crippen LogP contribution in [0.3, 0.4) is 0 Å². The topological polar surface area (TPSA) is 120 Å². The molecule has 1 N–H and O–H groups in total. The average Bonchev–Trinajstić information content (AvgIpc) is 3.90. The van der Waals surface area contributed by atoms with Crippen LogP contribution in [0.4, 0.5) is 9.59 Å². The number of carbonyl (C=O) groups is 2. The summed E-state index contributed by atoms with van der Waals surface area (Å²) in [6, 6.07) is 8.90. The van der Waals surface area contributed by atoms with E-state index in [1.165, 1.54) is 0 Å². The van der Waals surface area contributed by atoms with E-state index in [1.54, 1.807) is 15.6 Å². The van der Waals surface area contributed by atoms with Gasteiger partial charge in [-0.3, -0.25) is 4.90 Å². The van der Waals surface area contributed by atoms with Gasteiger partial charge in [-0.2, -0.15) is 5.10 Å². The molecule has 2 aliphatic carbocycles. The lowest BCUT2D eigenvalue weighted by atomic mass is 9.88. The molecular formula is C30H38N6O5. The Morgan fingerprint density at radius 3 is 2.51 bits per heavy atom. The molecule has 3 fully saturated rings. The van der Waals surface area contributed by atoms with E-state index in [0.717, 1.165) is 31.2 Å². The lowest BCUT2D eigenvalue weighted by Crippen LogP contribution is -2.46. The molecule has 1 saturated heterocycles. The van der Waals surface area contributed by atoms with E-state index in [4.69, 9.17) is 24.2 Å². The number of benzene rings is 1. The van der Waals surface area contributed by atoms with Crippen LogP contribution in [0.5, 0.6) is 0 Å². The molecule has 3 aliphatic rings. The van der Waals surface area contributed by atoms with E-state index < -0.39 is 23.8 Å². The van der Waals surface area contributed by atoms with Gasteiger partial charge in [0, 0.05) is 6.54 Å². The summed E-state index contributed by atoms with van der Waals surface area (Å²) in [7, 11) is 0. The Balaban J connectivity index is 1.24. The standard InChI is InChI=1S/C30H38N6O5/c1-30(2,3)41-29(38)35-13-14-39-18-24(35)22-15-31-36-16-23(33-27(36)32-22)26(25(20-9-10-20)21-11-12-21)34-28(37)40-17-19-7-5-4-6-8-19/h4-8,15-16,20-21,24-26H,9-14,17-18H2,1-3H3,(H,34,37)/t24?,26-/m1/s1. The molecule has 11 nitrogen and oxygen atoms in total. The second kappa shape index (κ2) is 11.3. The van der Waals surface area contributed by atoms with Crippen LogP contribution in [0.1, 0.15) is 75.5 Å². The summed E-state index contributed by atoms with van der Waals surface area (Å²) >= 11 is 0. The van der Waals surface area contributed by atoms with Crippen LogP contribution in [0.2, 0.25) is 0 Å². The van der Waals surface area contributed by atoms with Crippen molar-refractivity contribution < 1.29 is 23.8 Å². The minimum Gasteiger partial charge on any atom is -0.445 e. The Morgan fingerprint density at radius 1 is 1.10 bits per heavy atom. The number of rotatable bonds is 8. The van der Waals surface area contributed by atoms with E-state index >= 15 is 0 Å². The van der Waals surface area contributed by atoms with Crippen LogP contribution in [0, 0.1) is 17.8 Å². The highest BCUT2D eigenvalue weighted by Crippen LogP contribution is 2.54. The van der Waals surface area contributed by atoms with Gasteiger partial charge in [0.1, 0.15) is 18.2 Å². The highest BCUT2D eigenvalue weighted by Gasteiger charge is 2.47. The largest absolute Gasteiger partial charge is 0.445 e. The molecule has 0 bridgehead atoms. The fourth-order valence-corrected chi connectivity index (χ4v) is 5.65. The maximum atomic E-state index is 13.0. The zero-order valence-electron chi connectivity index (χ0n) is 23.9. The predicted molar refractivity (Wildman–Crippen MR) is 149 cm³/mol. The van der Waals surface area contributed by atoms with Gasteiger partial charge in [0.2, 0.25) is 0 Å². The molecule has 41 heavy (non-hydrogen) atoms. The third-order valence-corrected chi connectivity index (χ3v) is 7.85. The normalized spacial score (nSPS) is 20.2. The zero-order valence-corrected chi connectivity index (χ0v) is 23.9. The Kier molecular flexibility index (Phi) is 7.54. The fourth-order valence-electron chi connectivity index (χ4n) is 5.65. The van der Waals surface area contributed by atoms with Crippen molar-refractivity contribution in [3.8, 4) is 0 Å². The second-order valence-electron chi connectivity index (χ2n) is 12.3. The van der Waals surface area contributed by atoms with Gasteiger partial charge in [-0.05, 0) is 69.8 Å². The first-order valence-corrected chi connectivity index (χ1v) is 14.5. The molecule has 1 aliphatic heterocycles. The molecule has 1 aromatic carbocycles. The number of alkyl carbamates (subject to hydrolysis) is 1. The highest BCUT2D eigenvalue weighted by atomic mass is 16.6. The van der Waals surface area contributed by atoms with Crippen molar-refractivity contribution in [3.05, 3.63) is 59.7 Å². The number of carbonyl (C=O) groups excluding carboxylic acids is 2. The molecule has 2 atom stereocenters. The minimum atomic E-state index is -0.614. The summed E-state index contributed by atoms with van der Waals surface area (Å²) in [6.07, 6.45) is 7.26. The van der Waals surface area contributed by atoms with Crippen LogP contribution in [0.15, 0.2) is 42.7 Å². The zero-order chi connectivity index (χ0) is 28.6. The lowest BCUT2D eigenvalue weighted by Gasteiger charge is -2.36. The monoisotopic (exact) mass is 562 g/mol. The smallest absolute Gasteiger partial charge is 0.411 e. The van der Waals surface area contributed by atoms with E-state index in [1.807, 2.05) is 57.3 Å². The Bertz CT molecular complexity index is 1370. The fraction of sp³-hybridized carbons (Fsp3) is 0.567. The van der Waals surface area contributed by atoms with Crippen molar-refractivity contribution in [2.75, 3.05) is 19.8 Å². The van der Waals surface area contributed by atoms with E-state index in [-0.39, 0.29) is 18.6 Å². The van der Waals surface area contributed by atoms with Gasteiger partial charge < -0.3 is 19.5 Å². The molecule has 2 saturated carbocycles. The molecule has 2 aromatic heterocycles. The predicted octanol–water partition coefficient (Wildman–Crippen LogP) is 4.84. The van der Waals surface area contributed by atoms with Crippen molar-refractivity contribution in [1.29, 1.82) is 0 Å². The van der Waals surface area contributed by atoms with E-state index in [0.29, 0.717) is 48.8 Å². The van der Waals surface area contributed by atoms with Gasteiger partial charge >= 0.3 is 12.2 Å². The number of ether oxygens (including phenoxy) is 3. The first kappa shape index (κ1) is 27.4. The van der Waals surface area contributed by atoms with E-state index in [2.05, 4.69) is 10.4 Å². The number of amides is 2. The average molecular weight is 563 g/mol. The molecule has 0 radical (unpaired) electrons. The quantitative estimate of drug-likeness (QED) is 0.414. The van der Waals surface area contributed by atoms with Crippen LogP contribution in [0.25, 0.3) is 5.78 Å². The summed E-state index contributed by atoms with van der Waals surface area (Å²) in [6.45, 7) is 6.85. The summed E-state index contributed by atoms with van der Waals surface area (Å²) in [5.41, 5.74) is 1.61. The molecule has 3 heterocycles. The molecule has 0 spiro atoms. The van der Waals surface area contributed by atoms with Crippen LogP contribution >= 0.6 is 0 Å². The second-order valence-corrected chi connectivity index (χ2v) is 12.3. The molecule has 6 rings (SSSR count). The summed E-state index contributed by atoms with van der Waals surface area (Å²) < 4.78 is 18.5. The van der Waals surface area contributed by atoms with Gasteiger partial charge in [0.05, 0.1) is 43.0 Å². The van der Waals surface area contributed by atoms with Gasteiger partial charge in [-0.1, -0.05) is 30.3 Å². The van der Waals surface area contributed by atoms with Crippen molar-refractivity contribution in [1.82, 2.24) is 29.8 Å². The van der Waals surface area contributed by atoms with Crippen molar-refractivity contribution in [2.24, 2.45) is 17.8 Å². The molecule has 218 valence electrons. The number of fused-ring (bicyclic) bond motifs is 1. The molecular weight excluding hydrogens is 524 g/mol. The Labute approximate surface area is 239 Å². The van der Waals surface area contributed by atoms with E-state index in [9.17, 15) is 9.59 Å². The number of nitrogens with one attached hydrogen (secondary N) is 1. The Hall–Kier alpha value is -3.73. The van der Waals surface area contributed by atoms with Gasteiger partial charge in [0.15, 0.2) is 0 Å². The highest BCUT2D eigenvalue weighted by molar-refractivity contribution is 5.69. The SMILES string of the molecule is CC(C)(C)OC(=O)N1CCOCC1c1cnn2cc([C@@H](NC(=O)OCc3ccccc3)C(C3CC3)C3CC3)nc2n1. The number of imidazole rings is 1. The third-order valence-electron chi connectivity index (χ3n) is 7.85. The molecule has 2 amide bonds. The van der Waals surface area contributed by atoms with Crippen LogP contribution in [-0.2, 0) is 20.8 Å². The Morgan fingerprint density at radius 2 is 1.83 bits per heavy atom. The van der Waals surface area contributed by atoms with Crippen LogP contribution < -0.4 is 5.32 Å². The van der Waals surface area contributed by atoms with Crippen molar-refractivity contribution in [3.63, 3.8) is 0 Å². The first-order chi connectivity index (χ1) is 19.7. The van der Waals surface area contributed by atoms with Crippen LogP contribution in [-0.4, -0.2) is 62.0 Å². The maximum Gasteiger partial charge on any atom is 0.411 e. The minimum absolute atomic E-state index is 0.201. The van der Waals surface area contributed by atoms with Gasteiger partial charge in [-0.15, -0.1) is 0 Å². The lowest BCUT2D eigenvalue weighted by molar-refractivity contribution is -0.0341. The maximum absolute atomic E-state index is 13.0. The number of morpholine rings is 1. The summed E-state index contributed by atoms with van der Waals surface area (Å²) in [4.78, 5) is 37.2. The van der Waals surface area contributed by atoms with Crippen molar-refractivity contribution >= 4 is 18.0 Å². The third kappa shape index (κ3) is 6.61. The molecule has 3 aromatic rings.